The molecule has 0 aliphatic carbocycles. The maximum atomic E-state index is 12.0. The van der Waals surface area contributed by atoms with Crippen LogP contribution in [0, 0.1) is 13.8 Å². The minimum Gasteiger partial charge on any atom is -0.322 e. The van der Waals surface area contributed by atoms with E-state index in [1.165, 1.54) is 5.56 Å². The number of hydrogen-bond acceptors (Lipinski definition) is 1. The van der Waals surface area contributed by atoms with Crippen molar-refractivity contribution in [2.24, 2.45) is 0 Å². The lowest BCUT2D eigenvalue weighted by Crippen LogP contribution is -2.12. The number of rotatable bonds is 2. The number of anilines is 1. The van der Waals surface area contributed by atoms with Crippen molar-refractivity contribution >= 4 is 23.2 Å². The number of nitrogens with one attached hydrogen (secondary N) is 1. The van der Waals surface area contributed by atoms with Crippen LogP contribution in [0.5, 0.6) is 0 Å². The van der Waals surface area contributed by atoms with E-state index in [0.29, 0.717) is 10.6 Å². The zero-order valence-corrected chi connectivity index (χ0v) is 11.1. The van der Waals surface area contributed by atoms with Crippen LogP contribution in [-0.2, 0) is 0 Å². The van der Waals surface area contributed by atoms with E-state index in [0.717, 1.165) is 11.3 Å². The van der Waals surface area contributed by atoms with Crippen molar-refractivity contribution in [2.45, 2.75) is 13.8 Å². The molecular formula is C15H14ClNO. The second-order valence-electron chi connectivity index (χ2n) is 4.28. The summed E-state index contributed by atoms with van der Waals surface area (Å²) in [7, 11) is 0. The molecule has 1 amide bonds. The van der Waals surface area contributed by atoms with Crippen LogP contribution < -0.4 is 5.32 Å². The highest BCUT2D eigenvalue weighted by atomic mass is 35.5. The molecule has 0 saturated carbocycles. The lowest BCUT2D eigenvalue weighted by molar-refractivity contribution is 0.102. The summed E-state index contributed by atoms with van der Waals surface area (Å²) < 4.78 is 0. The topological polar surface area (TPSA) is 29.1 Å². The van der Waals surface area contributed by atoms with Crippen molar-refractivity contribution in [3.63, 3.8) is 0 Å². The molecule has 0 heterocycles. The van der Waals surface area contributed by atoms with Gasteiger partial charge >= 0.3 is 0 Å². The van der Waals surface area contributed by atoms with Gasteiger partial charge in [-0.1, -0.05) is 35.4 Å². The molecule has 3 heteroatoms. The third-order valence-corrected chi connectivity index (χ3v) is 2.95. The van der Waals surface area contributed by atoms with Gasteiger partial charge in [0.2, 0.25) is 0 Å². The van der Waals surface area contributed by atoms with Crippen molar-refractivity contribution in [1.82, 2.24) is 0 Å². The maximum absolute atomic E-state index is 12.0. The number of aryl methyl sites for hydroxylation is 2. The molecule has 18 heavy (non-hydrogen) atoms. The Kier molecular flexibility index (Phi) is 3.68. The summed E-state index contributed by atoms with van der Waals surface area (Å²) in [4.78, 5) is 12.0. The first-order valence-electron chi connectivity index (χ1n) is 5.70. The van der Waals surface area contributed by atoms with Crippen molar-refractivity contribution in [3.05, 3.63) is 64.2 Å². The highest BCUT2D eigenvalue weighted by molar-refractivity contribution is 6.31. The largest absolute Gasteiger partial charge is 0.322 e. The Morgan fingerprint density at radius 1 is 1.11 bits per heavy atom. The minimum atomic E-state index is -0.149. The monoisotopic (exact) mass is 259 g/mol. The average Bonchev–Trinajstić information content (AvgIpc) is 2.32. The number of benzene rings is 2. The molecular weight excluding hydrogens is 246 g/mol. The fourth-order valence-corrected chi connectivity index (χ4v) is 1.97. The smallest absolute Gasteiger partial charge is 0.255 e. The fraction of sp³-hybridized carbons (Fsp3) is 0.133. The molecule has 0 spiro atoms. The van der Waals surface area contributed by atoms with Crippen LogP contribution in [0.25, 0.3) is 0 Å². The Morgan fingerprint density at radius 2 is 1.89 bits per heavy atom. The van der Waals surface area contributed by atoms with E-state index in [4.69, 9.17) is 11.6 Å². The van der Waals surface area contributed by atoms with Gasteiger partial charge in [-0.15, -0.1) is 0 Å². The zero-order valence-electron chi connectivity index (χ0n) is 10.3. The van der Waals surface area contributed by atoms with Crippen molar-refractivity contribution < 1.29 is 4.79 Å². The van der Waals surface area contributed by atoms with Crippen LogP contribution in [0.15, 0.2) is 42.5 Å². The zero-order chi connectivity index (χ0) is 13.1. The highest BCUT2D eigenvalue weighted by Gasteiger charge is 2.07. The van der Waals surface area contributed by atoms with Crippen molar-refractivity contribution in [3.8, 4) is 0 Å². The van der Waals surface area contributed by atoms with E-state index in [1.807, 2.05) is 32.0 Å². The second-order valence-corrected chi connectivity index (χ2v) is 4.72. The summed E-state index contributed by atoms with van der Waals surface area (Å²) in [5.74, 6) is -0.149. The highest BCUT2D eigenvalue weighted by Crippen LogP contribution is 2.18. The van der Waals surface area contributed by atoms with Gasteiger partial charge in [-0.3, -0.25) is 4.79 Å². The Bertz CT molecular complexity index is 593. The first kappa shape index (κ1) is 12.7. The maximum Gasteiger partial charge on any atom is 0.255 e. The molecule has 2 rings (SSSR count). The van der Waals surface area contributed by atoms with Gasteiger partial charge in [-0.05, 0) is 43.7 Å². The predicted molar refractivity (Wildman–Crippen MR) is 75.3 cm³/mol. The Labute approximate surface area is 112 Å². The summed E-state index contributed by atoms with van der Waals surface area (Å²) in [5.41, 5.74) is 3.60. The SMILES string of the molecule is Cc1ccc(NC(=O)c2cccc(Cl)c2)c(C)c1. The predicted octanol–water partition coefficient (Wildman–Crippen LogP) is 4.21. The molecule has 1 N–H and O–H groups in total. The van der Waals surface area contributed by atoms with Crippen LogP contribution in [0.1, 0.15) is 21.5 Å². The molecule has 2 aromatic carbocycles. The Hall–Kier alpha value is -1.80. The summed E-state index contributed by atoms with van der Waals surface area (Å²) in [6.07, 6.45) is 0. The Balaban J connectivity index is 2.21. The molecule has 0 atom stereocenters. The molecule has 0 radical (unpaired) electrons. The lowest BCUT2D eigenvalue weighted by Gasteiger charge is -2.09. The van der Waals surface area contributed by atoms with E-state index in [1.54, 1.807) is 24.3 Å². The third kappa shape index (κ3) is 2.90. The molecule has 0 aromatic heterocycles. The standard InChI is InChI=1S/C15H14ClNO/c1-10-6-7-14(11(2)8-10)17-15(18)12-4-3-5-13(16)9-12/h3-9H,1-2H3,(H,17,18). The first-order chi connectivity index (χ1) is 8.56. The van der Waals surface area contributed by atoms with Crippen LogP contribution in [0.2, 0.25) is 5.02 Å². The second kappa shape index (κ2) is 5.23. The van der Waals surface area contributed by atoms with Gasteiger partial charge in [-0.2, -0.15) is 0 Å². The quantitative estimate of drug-likeness (QED) is 0.860. The molecule has 0 saturated heterocycles. The molecule has 0 unspecified atom stereocenters. The lowest BCUT2D eigenvalue weighted by atomic mass is 10.1. The van der Waals surface area contributed by atoms with E-state index in [2.05, 4.69) is 5.32 Å². The average molecular weight is 260 g/mol. The first-order valence-corrected chi connectivity index (χ1v) is 6.08. The summed E-state index contributed by atoms with van der Waals surface area (Å²) in [6, 6.07) is 12.8. The van der Waals surface area contributed by atoms with Crippen LogP contribution >= 0.6 is 11.6 Å². The van der Waals surface area contributed by atoms with Crippen molar-refractivity contribution in [2.75, 3.05) is 5.32 Å². The molecule has 0 bridgehead atoms. The van der Waals surface area contributed by atoms with E-state index in [9.17, 15) is 4.79 Å². The molecule has 0 aliphatic heterocycles. The van der Waals surface area contributed by atoms with Gasteiger partial charge in [-0.25, -0.2) is 0 Å². The van der Waals surface area contributed by atoms with Crippen LogP contribution in [0.3, 0.4) is 0 Å². The molecule has 0 aliphatic rings. The van der Waals surface area contributed by atoms with Gasteiger partial charge in [0.1, 0.15) is 0 Å². The van der Waals surface area contributed by atoms with Crippen LogP contribution in [-0.4, -0.2) is 5.91 Å². The van der Waals surface area contributed by atoms with E-state index < -0.39 is 0 Å². The summed E-state index contributed by atoms with van der Waals surface area (Å²) in [6.45, 7) is 4.00. The summed E-state index contributed by atoms with van der Waals surface area (Å²) in [5, 5.41) is 3.44. The molecule has 2 aromatic rings. The van der Waals surface area contributed by atoms with Gasteiger partial charge < -0.3 is 5.32 Å². The summed E-state index contributed by atoms with van der Waals surface area (Å²) >= 11 is 5.86. The van der Waals surface area contributed by atoms with Gasteiger partial charge in [0.25, 0.3) is 5.91 Å². The third-order valence-electron chi connectivity index (χ3n) is 2.72. The number of carbonyl (C=O) groups is 1. The molecule has 0 fully saturated rings. The molecule has 2 nitrogen and oxygen atoms in total. The number of amides is 1. The molecule has 92 valence electrons. The van der Waals surface area contributed by atoms with Crippen LogP contribution in [0.4, 0.5) is 5.69 Å². The number of hydrogen-bond donors (Lipinski definition) is 1. The number of carbonyl (C=O) groups excluding carboxylic acids is 1. The van der Waals surface area contributed by atoms with Crippen molar-refractivity contribution in [1.29, 1.82) is 0 Å². The normalized spacial score (nSPS) is 10.2. The Morgan fingerprint density at radius 3 is 2.56 bits per heavy atom. The van der Waals surface area contributed by atoms with Gasteiger partial charge in [0, 0.05) is 16.3 Å². The number of halogens is 1. The minimum absolute atomic E-state index is 0.149. The fourth-order valence-electron chi connectivity index (χ4n) is 1.78. The van der Waals surface area contributed by atoms with Gasteiger partial charge in [0.15, 0.2) is 0 Å². The van der Waals surface area contributed by atoms with E-state index in [-0.39, 0.29) is 5.91 Å². The van der Waals surface area contributed by atoms with Gasteiger partial charge in [0.05, 0.1) is 0 Å². The van der Waals surface area contributed by atoms with E-state index >= 15 is 0 Å².